The van der Waals surface area contributed by atoms with E-state index in [1.54, 1.807) is 25.1 Å². The van der Waals surface area contributed by atoms with Crippen LogP contribution in [0.4, 0.5) is 0 Å². The minimum atomic E-state index is -0.541. The second-order valence-electron chi connectivity index (χ2n) is 4.41. The number of phenols is 2. The highest BCUT2D eigenvalue weighted by molar-refractivity contribution is 6.41. The first kappa shape index (κ1) is 13.1. The molecule has 0 aliphatic carbocycles. The third-order valence-corrected chi connectivity index (χ3v) is 3.88. The summed E-state index contributed by atoms with van der Waals surface area (Å²) >= 11 is 11.7. The predicted molar refractivity (Wildman–Crippen MR) is 78.1 cm³/mol. The van der Waals surface area contributed by atoms with Gasteiger partial charge in [-0.1, -0.05) is 35.3 Å². The van der Waals surface area contributed by atoms with Crippen LogP contribution in [0.5, 0.6) is 11.5 Å². The first-order valence-corrected chi connectivity index (χ1v) is 6.44. The summed E-state index contributed by atoms with van der Waals surface area (Å²) in [5, 5.41) is 19.3. The maximum absolute atomic E-state index is 12.5. The zero-order valence-electron chi connectivity index (χ0n) is 10.2. The summed E-state index contributed by atoms with van der Waals surface area (Å²) in [6.07, 6.45) is 0. The Morgan fingerprint density at radius 3 is 2.45 bits per heavy atom. The Labute approximate surface area is 122 Å². The van der Waals surface area contributed by atoms with Gasteiger partial charge in [0.1, 0.15) is 21.0 Å². The van der Waals surface area contributed by atoms with Gasteiger partial charge < -0.3 is 14.6 Å². The molecule has 1 aromatic heterocycles. The van der Waals surface area contributed by atoms with Crippen molar-refractivity contribution in [2.45, 2.75) is 6.92 Å². The molecule has 6 heteroatoms. The molecule has 0 saturated carbocycles. The second-order valence-corrected chi connectivity index (χ2v) is 5.17. The number of phenolic OH excluding ortho intramolecular Hbond substituents is 2. The molecule has 0 saturated heterocycles. The van der Waals surface area contributed by atoms with Crippen molar-refractivity contribution in [3.05, 3.63) is 44.0 Å². The summed E-state index contributed by atoms with van der Waals surface area (Å²) < 4.78 is 5.59. The number of aryl methyl sites for hydroxylation is 1. The summed E-state index contributed by atoms with van der Waals surface area (Å²) in [6, 6.07) is 5.07. The number of halogens is 2. The maximum Gasteiger partial charge on any atom is 0.204 e. The molecule has 0 atom stereocenters. The van der Waals surface area contributed by atoms with Crippen molar-refractivity contribution in [2.24, 2.45) is 0 Å². The summed E-state index contributed by atoms with van der Waals surface area (Å²) in [6.45, 7) is 1.78. The lowest BCUT2D eigenvalue weighted by molar-refractivity contribution is 0.453. The summed E-state index contributed by atoms with van der Waals surface area (Å²) in [5.74, 6) is -1.06. The van der Waals surface area contributed by atoms with Crippen molar-refractivity contribution >= 4 is 45.1 Å². The number of rotatable bonds is 0. The van der Waals surface area contributed by atoms with Crippen molar-refractivity contribution in [3.63, 3.8) is 0 Å². The van der Waals surface area contributed by atoms with E-state index in [4.69, 9.17) is 27.6 Å². The number of hydrogen-bond acceptors (Lipinski definition) is 4. The average molecular weight is 311 g/mol. The fraction of sp³-hybridized carbons (Fsp3) is 0.0714. The summed E-state index contributed by atoms with van der Waals surface area (Å²) in [5.41, 5.74) is 0.559. The molecule has 2 aromatic carbocycles. The minimum Gasteiger partial charge on any atom is -0.505 e. The van der Waals surface area contributed by atoms with Crippen molar-refractivity contribution in [3.8, 4) is 11.5 Å². The third-order valence-electron chi connectivity index (χ3n) is 3.17. The normalized spacial score (nSPS) is 11.3. The van der Waals surface area contributed by atoms with Crippen LogP contribution < -0.4 is 5.43 Å². The number of hydrogen-bond donors (Lipinski definition) is 2. The second kappa shape index (κ2) is 4.30. The van der Waals surface area contributed by atoms with Gasteiger partial charge in [0.25, 0.3) is 0 Å². The van der Waals surface area contributed by atoms with Crippen LogP contribution in [0, 0.1) is 6.92 Å². The standard InChI is InChI=1S/C14H8Cl2O4/c1-5-3-2-4-6-10(17)7-11(18)8(15)12(19)9(16)14(7)20-13(5)6/h2-4,18-19H,1H3. The van der Waals surface area contributed by atoms with Crippen molar-refractivity contribution in [1.29, 1.82) is 0 Å². The molecule has 0 fully saturated rings. The zero-order valence-corrected chi connectivity index (χ0v) is 11.7. The molecule has 0 aliphatic rings. The van der Waals surface area contributed by atoms with Crippen LogP contribution in [0.25, 0.3) is 21.9 Å². The van der Waals surface area contributed by atoms with Gasteiger partial charge in [-0.05, 0) is 18.6 Å². The van der Waals surface area contributed by atoms with Crippen LogP contribution in [0.1, 0.15) is 5.56 Å². The Balaban J connectivity index is 2.72. The topological polar surface area (TPSA) is 70.7 Å². The number of aromatic hydroxyl groups is 2. The third kappa shape index (κ3) is 1.58. The minimum absolute atomic E-state index is 0.0853. The van der Waals surface area contributed by atoms with Crippen LogP contribution in [-0.4, -0.2) is 10.2 Å². The van der Waals surface area contributed by atoms with Crippen LogP contribution in [-0.2, 0) is 0 Å². The summed E-state index contributed by atoms with van der Waals surface area (Å²) in [4.78, 5) is 12.5. The first-order valence-electron chi connectivity index (χ1n) is 5.68. The molecule has 0 amide bonds. The molecule has 0 aliphatic heterocycles. The van der Waals surface area contributed by atoms with E-state index in [2.05, 4.69) is 0 Å². The van der Waals surface area contributed by atoms with Gasteiger partial charge in [-0.25, -0.2) is 0 Å². The molecule has 2 N–H and O–H groups in total. The molecule has 4 nitrogen and oxygen atoms in total. The van der Waals surface area contributed by atoms with Crippen molar-refractivity contribution < 1.29 is 14.6 Å². The highest BCUT2D eigenvalue weighted by Gasteiger charge is 2.22. The fourth-order valence-electron chi connectivity index (χ4n) is 2.15. The maximum atomic E-state index is 12.5. The molecule has 0 radical (unpaired) electrons. The largest absolute Gasteiger partial charge is 0.505 e. The van der Waals surface area contributed by atoms with E-state index >= 15 is 0 Å². The van der Waals surface area contributed by atoms with E-state index in [0.29, 0.717) is 11.0 Å². The number of fused-ring (bicyclic) bond motifs is 2. The van der Waals surface area contributed by atoms with Gasteiger partial charge in [0.05, 0.1) is 5.39 Å². The van der Waals surface area contributed by atoms with Gasteiger partial charge >= 0.3 is 0 Å². The fourth-order valence-corrected chi connectivity index (χ4v) is 2.62. The van der Waals surface area contributed by atoms with Gasteiger partial charge in [0, 0.05) is 0 Å². The molecular weight excluding hydrogens is 303 g/mol. The molecule has 20 heavy (non-hydrogen) atoms. The van der Waals surface area contributed by atoms with Gasteiger partial charge in [-0.2, -0.15) is 0 Å². The quantitative estimate of drug-likeness (QED) is 0.616. The smallest absolute Gasteiger partial charge is 0.204 e. The highest BCUT2D eigenvalue weighted by atomic mass is 35.5. The van der Waals surface area contributed by atoms with E-state index in [9.17, 15) is 15.0 Å². The van der Waals surface area contributed by atoms with Gasteiger partial charge in [0.2, 0.25) is 5.43 Å². The van der Waals surface area contributed by atoms with Crippen LogP contribution in [0.2, 0.25) is 10.0 Å². The Bertz CT molecular complexity index is 928. The highest BCUT2D eigenvalue weighted by Crippen LogP contribution is 2.45. The molecule has 0 bridgehead atoms. The Kier molecular flexibility index (Phi) is 2.81. The molecule has 3 rings (SSSR count). The van der Waals surface area contributed by atoms with E-state index < -0.39 is 16.9 Å². The lowest BCUT2D eigenvalue weighted by atomic mass is 10.1. The van der Waals surface area contributed by atoms with Crippen LogP contribution >= 0.6 is 23.2 Å². The molecule has 102 valence electrons. The van der Waals surface area contributed by atoms with E-state index in [1.165, 1.54) is 0 Å². The lowest BCUT2D eigenvalue weighted by Gasteiger charge is -2.09. The van der Waals surface area contributed by atoms with Crippen molar-refractivity contribution in [1.82, 2.24) is 0 Å². The Morgan fingerprint density at radius 2 is 1.75 bits per heavy atom. The average Bonchev–Trinajstić information content (AvgIpc) is 2.43. The molecule has 0 spiro atoms. The molecular formula is C14H8Cl2O4. The molecule has 0 unspecified atom stereocenters. The van der Waals surface area contributed by atoms with E-state index in [1.807, 2.05) is 0 Å². The number of benzene rings is 2. The van der Waals surface area contributed by atoms with Gasteiger partial charge in [-0.3, -0.25) is 4.79 Å². The van der Waals surface area contributed by atoms with E-state index in [-0.39, 0.29) is 21.0 Å². The first-order chi connectivity index (χ1) is 9.43. The van der Waals surface area contributed by atoms with Gasteiger partial charge in [-0.15, -0.1) is 0 Å². The Morgan fingerprint density at radius 1 is 1.05 bits per heavy atom. The molecule has 3 aromatic rings. The molecule has 1 heterocycles. The zero-order chi connectivity index (χ0) is 14.6. The summed E-state index contributed by atoms with van der Waals surface area (Å²) in [7, 11) is 0. The SMILES string of the molecule is Cc1cccc2c(=O)c3c(O)c(Cl)c(O)c(Cl)c3oc12. The van der Waals surface area contributed by atoms with Gasteiger partial charge in [0.15, 0.2) is 17.1 Å². The monoisotopic (exact) mass is 310 g/mol. The Hall–Kier alpha value is -1.91. The van der Waals surface area contributed by atoms with Crippen LogP contribution in [0.15, 0.2) is 27.4 Å². The predicted octanol–water partition coefficient (Wildman–Crippen LogP) is 3.97. The van der Waals surface area contributed by atoms with Crippen molar-refractivity contribution in [2.75, 3.05) is 0 Å². The lowest BCUT2D eigenvalue weighted by Crippen LogP contribution is -2.03. The van der Waals surface area contributed by atoms with E-state index in [0.717, 1.165) is 5.56 Å². The number of para-hydroxylation sites is 1. The van der Waals surface area contributed by atoms with Crippen LogP contribution in [0.3, 0.4) is 0 Å².